The average molecular weight is 603 g/mol. The number of amides is 2. The van der Waals surface area contributed by atoms with Crippen molar-refractivity contribution in [3.05, 3.63) is 65.9 Å². The van der Waals surface area contributed by atoms with Crippen LogP contribution in [-0.4, -0.2) is 41.3 Å². The number of nitrogens with one attached hydrogen (secondary N) is 2. The quantitative estimate of drug-likeness (QED) is 0.178. The van der Waals surface area contributed by atoms with Crippen molar-refractivity contribution in [2.24, 2.45) is 11.8 Å². The van der Waals surface area contributed by atoms with E-state index in [1.54, 1.807) is 7.11 Å². The molecule has 0 spiro atoms. The van der Waals surface area contributed by atoms with Crippen LogP contribution in [0.15, 0.2) is 54.6 Å². The summed E-state index contributed by atoms with van der Waals surface area (Å²) in [5, 5.41) is 11.1. The van der Waals surface area contributed by atoms with Crippen LogP contribution in [-0.2, 0) is 11.4 Å². The summed E-state index contributed by atoms with van der Waals surface area (Å²) in [5.41, 5.74) is 2.97. The number of hydrogen-bond acceptors (Lipinski definition) is 5. The van der Waals surface area contributed by atoms with Gasteiger partial charge in [0.05, 0.1) is 24.4 Å². The van der Waals surface area contributed by atoms with Crippen LogP contribution in [0.3, 0.4) is 0 Å². The Kier molecular flexibility index (Phi) is 12.3. The third kappa shape index (κ3) is 9.10. The zero-order valence-corrected chi connectivity index (χ0v) is 27.1. The number of carbonyl (C=O) groups excluding carboxylic acids is 2. The fourth-order valence-corrected chi connectivity index (χ4v) is 5.97. The van der Waals surface area contributed by atoms with Crippen LogP contribution >= 0.6 is 0 Å². The molecular weight excluding hydrogens is 552 g/mol. The number of unbranched alkanes of at least 4 members (excludes halogenated alkanes) is 1. The second kappa shape index (κ2) is 16.3. The lowest BCUT2D eigenvalue weighted by Crippen LogP contribution is -2.40. The van der Waals surface area contributed by atoms with Gasteiger partial charge in [-0.1, -0.05) is 70.5 Å². The summed E-state index contributed by atoms with van der Waals surface area (Å²) in [4.78, 5) is 26.4. The first-order chi connectivity index (χ1) is 21.3. The Hall–Kier alpha value is -3.81. The molecule has 8 nitrogen and oxygen atoms in total. The van der Waals surface area contributed by atoms with Gasteiger partial charge < -0.3 is 20.1 Å². The second-order valence-electron chi connectivity index (χ2n) is 12.6. The monoisotopic (exact) mass is 602 g/mol. The van der Waals surface area contributed by atoms with Gasteiger partial charge >= 0.3 is 0 Å². The summed E-state index contributed by atoms with van der Waals surface area (Å²) in [6.07, 6.45) is 7.09. The summed E-state index contributed by atoms with van der Waals surface area (Å²) in [5.74, 6) is 2.01. The number of ether oxygens (including phenoxy) is 2. The molecule has 2 aromatic carbocycles. The van der Waals surface area contributed by atoms with Crippen LogP contribution in [0.4, 0.5) is 0 Å². The molecular formula is C36H50N4O4. The van der Waals surface area contributed by atoms with E-state index in [4.69, 9.17) is 14.6 Å². The number of hydrogen-bond donors (Lipinski definition) is 2. The van der Waals surface area contributed by atoms with Gasteiger partial charge in [-0.3, -0.25) is 14.3 Å². The van der Waals surface area contributed by atoms with Crippen molar-refractivity contribution in [3.8, 4) is 22.8 Å². The van der Waals surface area contributed by atoms with Crippen LogP contribution in [0, 0.1) is 11.8 Å². The van der Waals surface area contributed by atoms with Crippen molar-refractivity contribution in [1.29, 1.82) is 0 Å². The van der Waals surface area contributed by atoms with Crippen molar-refractivity contribution >= 4 is 11.8 Å². The van der Waals surface area contributed by atoms with Crippen molar-refractivity contribution in [2.45, 2.75) is 97.8 Å². The third-order valence-electron chi connectivity index (χ3n) is 8.38. The molecule has 44 heavy (non-hydrogen) atoms. The van der Waals surface area contributed by atoms with Crippen molar-refractivity contribution in [3.63, 3.8) is 0 Å². The molecule has 1 fully saturated rings. The Bertz CT molecular complexity index is 1350. The van der Waals surface area contributed by atoms with E-state index in [1.165, 1.54) is 0 Å². The summed E-state index contributed by atoms with van der Waals surface area (Å²) < 4.78 is 14.2. The molecule has 0 aliphatic heterocycles. The van der Waals surface area contributed by atoms with Gasteiger partial charge in [0.1, 0.15) is 18.1 Å². The zero-order chi connectivity index (χ0) is 31.5. The van der Waals surface area contributed by atoms with E-state index in [2.05, 4.69) is 38.3 Å². The van der Waals surface area contributed by atoms with E-state index in [-0.39, 0.29) is 30.3 Å². The lowest BCUT2D eigenvalue weighted by Gasteiger charge is -2.28. The minimum atomic E-state index is -0.288. The molecule has 1 aromatic heterocycles. The van der Waals surface area contributed by atoms with Crippen molar-refractivity contribution in [1.82, 2.24) is 20.4 Å². The first-order valence-corrected chi connectivity index (χ1v) is 16.3. The molecule has 1 atom stereocenters. The summed E-state index contributed by atoms with van der Waals surface area (Å²) in [6, 6.07) is 17.6. The van der Waals surface area contributed by atoms with Crippen LogP contribution in [0.1, 0.15) is 101 Å². The molecule has 4 rings (SSSR count). The molecule has 3 aromatic rings. The molecule has 8 heteroatoms. The van der Waals surface area contributed by atoms with Gasteiger partial charge in [-0.25, -0.2) is 0 Å². The molecule has 2 amide bonds. The van der Waals surface area contributed by atoms with Gasteiger partial charge in [0.2, 0.25) is 5.91 Å². The summed E-state index contributed by atoms with van der Waals surface area (Å²) in [6.45, 7) is 9.65. The first-order valence-electron chi connectivity index (χ1n) is 16.3. The number of aromatic nitrogens is 2. The van der Waals surface area contributed by atoms with Crippen molar-refractivity contribution in [2.75, 3.05) is 13.7 Å². The number of carbonyl (C=O) groups is 2. The van der Waals surface area contributed by atoms with E-state index in [0.29, 0.717) is 48.6 Å². The van der Waals surface area contributed by atoms with E-state index < -0.39 is 0 Å². The van der Waals surface area contributed by atoms with Crippen molar-refractivity contribution < 1.29 is 19.1 Å². The fourth-order valence-electron chi connectivity index (χ4n) is 5.97. The van der Waals surface area contributed by atoms with Gasteiger partial charge in [0, 0.05) is 19.0 Å². The average Bonchev–Trinajstić information content (AvgIpc) is 3.45. The van der Waals surface area contributed by atoms with Crippen LogP contribution < -0.4 is 20.1 Å². The molecule has 1 aliphatic rings. The number of methoxy groups -OCH3 is 1. The van der Waals surface area contributed by atoms with Gasteiger partial charge in [0.25, 0.3) is 5.91 Å². The molecule has 1 aliphatic carbocycles. The lowest BCUT2D eigenvalue weighted by atomic mass is 9.87. The molecule has 238 valence electrons. The highest BCUT2D eigenvalue weighted by Crippen LogP contribution is 2.42. The van der Waals surface area contributed by atoms with Gasteiger partial charge in [-0.15, -0.1) is 0 Å². The standard InChI is InChI=1S/C36H50N4O4/c1-6-7-20-37-34(41)22-28(21-25(2)3)38-36(42)30-23-31(40(39-30)29-18-16-26(4)17-19-29)35-32(43-5)14-11-15-33(35)44-24-27-12-9-8-10-13-27/h8-15,23,25-26,28-29H,6-7,16-22,24H2,1-5H3,(H,37,41)(H,38,42). The maximum absolute atomic E-state index is 13.8. The maximum Gasteiger partial charge on any atom is 0.272 e. The van der Waals surface area contributed by atoms with E-state index in [0.717, 1.165) is 55.3 Å². The Morgan fingerprint density at radius 1 is 1.02 bits per heavy atom. The summed E-state index contributed by atoms with van der Waals surface area (Å²) >= 11 is 0. The van der Waals surface area contributed by atoms with Gasteiger partial charge in [-0.05, 0) is 74.1 Å². The van der Waals surface area contributed by atoms with E-state index in [1.807, 2.05) is 59.3 Å². The Labute approximate surface area is 262 Å². The molecule has 0 bridgehead atoms. The maximum atomic E-state index is 13.8. The number of rotatable bonds is 15. The molecule has 2 N–H and O–H groups in total. The van der Waals surface area contributed by atoms with E-state index >= 15 is 0 Å². The predicted molar refractivity (Wildman–Crippen MR) is 175 cm³/mol. The largest absolute Gasteiger partial charge is 0.496 e. The Morgan fingerprint density at radius 2 is 1.75 bits per heavy atom. The Balaban J connectivity index is 1.66. The molecule has 0 saturated heterocycles. The smallest absolute Gasteiger partial charge is 0.272 e. The van der Waals surface area contributed by atoms with Gasteiger partial charge in [0.15, 0.2) is 5.69 Å². The topological polar surface area (TPSA) is 94.5 Å². The highest BCUT2D eigenvalue weighted by atomic mass is 16.5. The minimum Gasteiger partial charge on any atom is -0.496 e. The second-order valence-corrected chi connectivity index (χ2v) is 12.6. The molecule has 1 saturated carbocycles. The zero-order valence-electron chi connectivity index (χ0n) is 27.1. The third-order valence-corrected chi connectivity index (χ3v) is 8.38. The molecule has 1 heterocycles. The van der Waals surface area contributed by atoms with Gasteiger partial charge in [-0.2, -0.15) is 5.10 Å². The molecule has 0 radical (unpaired) electrons. The SMILES string of the molecule is CCCCNC(=O)CC(CC(C)C)NC(=O)c1cc(-c2c(OC)cccc2OCc2ccccc2)n(C2CCC(C)CC2)n1. The number of nitrogens with zero attached hydrogens (tertiary/aromatic N) is 2. The summed E-state index contributed by atoms with van der Waals surface area (Å²) in [7, 11) is 1.65. The molecule has 1 unspecified atom stereocenters. The fraction of sp³-hybridized carbons (Fsp3) is 0.528. The number of benzene rings is 2. The van der Waals surface area contributed by atoms with Crippen LogP contribution in [0.2, 0.25) is 0 Å². The predicted octanol–water partition coefficient (Wildman–Crippen LogP) is 7.34. The minimum absolute atomic E-state index is 0.0406. The Morgan fingerprint density at radius 3 is 2.43 bits per heavy atom. The first kappa shape index (κ1) is 33.1. The normalized spacial score (nSPS) is 17.2. The lowest BCUT2D eigenvalue weighted by molar-refractivity contribution is -0.121. The van der Waals surface area contributed by atoms with Crippen LogP contribution in [0.25, 0.3) is 11.3 Å². The van der Waals surface area contributed by atoms with Crippen LogP contribution in [0.5, 0.6) is 11.5 Å². The highest BCUT2D eigenvalue weighted by Gasteiger charge is 2.29. The van der Waals surface area contributed by atoms with E-state index in [9.17, 15) is 9.59 Å². The highest BCUT2D eigenvalue weighted by molar-refractivity contribution is 5.94.